The predicted octanol–water partition coefficient (Wildman–Crippen LogP) is 3.84. The number of allylic oxidation sites excluding steroid dienone is 2. The number of aryl methyl sites for hydroxylation is 2. The van der Waals surface area contributed by atoms with Crippen LogP contribution in [0.1, 0.15) is 43.4 Å². The highest BCUT2D eigenvalue weighted by Gasteiger charge is 2.06. The normalized spacial score (nSPS) is 11.7. The molecule has 18 heavy (non-hydrogen) atoms. The molecule has 2 nitrogen and oxygen atoms in total. The quantitative estimate of drug-likeness (QED) is 0.775. The van der Waals surface area contributed by atoms with Gasteiger partial charge in [0.1, 0.15) is 5.75 Å². The van der Waals surface area contributed by atoms with Gasteiger partial charge in [0.15, 0.2) is 0 Å². The first-order valence-electron chi connectivity index (χ1n) is 6.71. The maximum Gasteiger partial charge on any atom is 0.122 e. The molecule has 0 fully saturated rings. The second-order valence-electron chi connectivity index (χ2n) is 4.68. The smallest absolute Gasteiger partial charge is 0.122 e. The molecule has 0 amide bonds. The van der Waals surface area contributed by atoms with Crippen LogP contribution in [0.2, 0.25) is 0 Å². The highest BCUT2D eigenvalue weighted by atomic mass is 16.5. The third-order valence-electron chi connectivity index (χ3n) is 3.11. The molecule has 0 aliphatic carbocycles. The van der Waals surface area contributed by atoms with E-state index < -0.39 is 0 Å². The van der Waals surface area contributed by atoms with Crippen LogP contribution in [0.5, 0.6) is 5.75 Å². The van der Waals surface area contributed by atoms with E-state index in [1.165, 1.54) is 22.3 Å². The van der Waals surface area contributed by atoms with Gasteiger partial charge in [0.25, 0.3) is 0 Å². The van der Waals surface area contributed by atoms with Crippen molar-refractivity contribution in [3.63, 3.8) is 0 Å². The SMILES string of the molecule is CCOc1cc(C)c(/C(C)=C/CCCN)cc1C. The third-order valence-corrected chi connectivity index (χ3v) is 3.11. The van der Waals surface area contributed by atoms with Crippen molar-refractivity contribution in [1.82, 2.24) is 0 Å². The fourth-order valence-electron chi connectivity index (χ4n) is 2.07. The highest BCUT2D eigenvalue weighted by molar-refractivity contribution is 5.68. The van der Waals surface area contributed by atoms with E-state index >= 15 is 0 Å². The minimum Gasteiger partial charge on any atom is -0.494 e. The Bertz CT molecular complexity index is 421. The van der Waals surface area contributed by atoms with E-state index in [1.807, 2.05) is 6.92 Å². The highest BCUT2D eigenvalue weighted by Crippen LogP contribution is 2.27. The van der Waals surface area contributed by atoms with Crippen molar-refractivity contribution in [2.75, 3.05) is 13.2 Å². The molecule has 0 saturated carbocycles. The summed E-state index contributed by atoms with van der Waals surface area (Å²) in [6, 6.07) is 4.35. The molecular formula is C16H25NO. The molecule has 0 unspecified atom stereocenters. The number of rotatable bonds is 6. The van der Waals surface area contributed by atoms with Gasteiger partial charge >= 0.3 is 0 Å². The summed E-state index contributed by atoms with van der Waals surface area (Å²) in [4.78, 5) is 0. The van der Waals surface area contributed by atoms with Gasteiger partial charge in [0, 0.05) is 0 Å². The van der Waals surface area contributed by atoms with E-state index in [-0.39, 0.29) is 0 Å². The first-order chi connectivity index (χ1) is 8.60. The Morgan fingerprint density at radius 3 is 2.61 bits per heavy atom. The van der Waals surface area contributed by atoms with Crippen molar-refractivity contribution >= 4 is 5.57 Å². The summed E-state index contributed by atoms with van der Waals surface area (Å²) < 4.78 is 5.61. The first-order valence-corrected chi connectivity index (χ1v) is 6.71. The topological polar surface area (TPSA) is 35.2 Å². The van der Waals surface area contributed by atoms with Crippen molar-refractivity contribution in [2.24, 2.45) is 5.73 Å². The van der Waals surface area contributed by atoms with Gasteiger partial charge in [-0.1, -0.05) is 6.08 Å². The van der Waals surface area contributed by atoms with Crippen LogP contribution < -0.4 is 10.5 Å². The standard InChI is InChI=1S/C16H25NO/c1-5-18-16-11-13(3)15(10-14(16)4)12(2)8-6-7-9-17/h8,10-11H,5-7,9,17H2,1-4H3/b12-8+. The predicted molar refractivity (Wildman–Crippen MR) is 79.0 cm³/mol. The summed E-state index contributed by atoms with van der Waals surface area (Å²) in [6.07, 6.45) is 4.37. The summed E-state index contributed by atoms with van der Waals surface area (Å²) in [6.45, 7) is 9.88. The van der Waals surface area contributed by atoms with Crippen LogP contribution in [0.25, 0.3) is 5.57 Å². The van der Waals surface area contributed by atoms with Crippen molar-refractivity contribution in [1.29, 1.82) is 0 Å². The van der Waals surface area contributed by atoms with Crippen molar-refractivity contribution in [3.05, 3.63) is 34.9 Å². The molecular weight excluding hydrogens is 222 g/mol. The average molecular weight is 247 g/mol. The lowest BCUT2D eigenvalue weighted by molar-refractivity contribution is 0.337. The molecule has 0 atom stereocenters. The largest absolute Gasteiger partial charge is 0.494 e. The summed E-state index contributed by atoms with van der Waals surface area (Å²) in [5.41, 5.74) is 10.6. The molecule has 1 aromatic rings. The van der Waals surface area contributed by atoms with Crippen molar-refractivity contribution in [2.45, 2.75) is 40.5 Å². The molecule has 0 bridgehead atoms. The van der Waals surface area contributed by atoms with E-state index in [4.69, 9.17) is 10.5 Å². The summed E-state index contributed by atoms with van der Waals surface area (Å²) in [7, 11) is 0. The van der Waals surface area contributed by atoms with E-state index in [9.17, 15) is 0 Å². The molecule has 0 aromatic heterocycles. The Morgan fingerprint density at radius 2 is 2.00 bits per heavy atom. The van der Waals surface area contributed by atoms with Crippen LogP contribution in [0.15, 0.2) is 18.2 Å². The van der Waals surface area contributed by atoms with Gasteiger partial charge in [-0.2, -0.15) is 0 Å². The zero-order valence-electron chi connectivity index (χ0n) is 12.0. The number of hydrogen-bond donors (Lipinski definition) is 1. The van der Waals surface area contributed by atoms with Crippen LogP contribution in [-0.4, -0.2) is 13.2 Å². The molecule has 1 aromatic carbocycles. The number of hydrogen-bond acceptors (Lipinski definition) is 2. The number of unbranched alkanes of at least 4 members (excludes halogenated alkanes) is 1. The fraction of sp³-hybridized carbons (Fsp3) is 0.500. The molecule has 0 heterocycles. The Kier molecular flexibility index (Phi) is 5.93. The summed E-state index contributed by atoms with van der Waals surface area (Å²) in [5, 5.41) is 0. The van der Waals surface area contributed by atoms with E-state index in [0.717, 1.165) is 25.1 Å². The van der Waals surface area contributed by atoms with Gasteiger partial charge in [0.05, 0.1) is 6.61 Å². The molecule has 0 spiro atoms. The lowest BCUT2D eigenvalue weighted by Gasteiger charge is -2.13. The lowest BCUT2D eigenvalue weighted by atomic mass is 9.97. The molecule has 2 N–H and O–H groups in total. The van der Waals surface area contributed by atoms with Crippen LogP contribution in [0.4, 0.5) is 0 Å². The molecule has 0 aliphatic heterocycles. The number of benzene rings is 1. The van der Waals surface area contributed by atoms with Gasteiger partial charge < -0.3 is 10.5 Å². The van der Waals surface area contributed by atoms with Crippen molar-refractivity contribution in [3.8, 4) is 5.75 Å². The van der Waals surface area contributed by atoms with Crippen LogP contribution in [-0.2, 0) is 0 Å². The Balaban J connectivity index is 2.96. The minimum absolute atomic E-state index is 0.713. The maximum absolute atomic E-state index is 5.61. The van der Waals surface area contributed by atoms with E-state index in [2.05, 4.69) is 39.0 Å². The first kappa shape index (κ1) is 14.8. The van der Waals surface area contributed by atoms with Gasteiger partial charge in [0.2, 0.25) is 0 Å². The van der Waals surface area contributed by atoms with Gasteiger partial charge in [-0.15, -0.1) is 0 Å². The summed E-state index contributed by atoms with van der Waals surface area (Å²) >= 11 is 0. The number of ether oxygens (including phenoxy) is 1. The molecule has 0 radical (unpaired) electrons. The third kappa shape index (κ3) is 3.88. The maximum atomic E-state index is 5.61. The molecule has 1 rings (SSSR count). The van der Waals surface area contributed by atoms with Crippen LogP contribution in [0, 0.1) is 13.8 Å². The fourth-order valence-corrected chi connectivity index (χ4v) is 2.07. The van der Waals surface area contributed by atoms with Crippen LogP contribution >= 0.6 is 0 Å². The van der Waals surface area contributed by atoms with Crippen LogP contribution in [0.3, 0.4) is 0 Å². The lowest BCUT2D eigenvalue weighted by Crippen LogP contribution is -1.98. The van der Waals surface area contributed by atoms with Gasteiger partial charge in [-0.05, 0) is 81.5 Å². The van der Waals surface area contributed by atoms with Crippen molar-refractivity contribution < 1.29 is 4.74 Å². The monoisotopic (exact) mass is 247 g/mol. The zero-order chi connectivity index (χ0) is 13.5. The van der Waals surface area contributed by atoms with E-state index in [1.54, 1.807) is 0 Å². The van der Waals surface area contributed by atoms with Gasteiger partial charge in [-0.3, -0.25) is 0 Å². The molecule has 0 aliphatic rings. The Hall–Kier alpha value is -1.28. The van der Waals surface area contributed by atoms with E-state index in [0.29, 0.717) is 6.61 Å². The second kappa shape index (κ2) is 7.22. The Labute approximate surface area is 111 Å². The van der Waals surface area contributed by atoms with Gasteiger partial charge in [-0.25, -0.2) is 0 Å². The molecule has 100 valence electrons. The average Bonchev–Trinajstić information content (AvgIpc) is 2.34. The molecule has 2 heteroatoms. The summed E-state index contributed by atoms with van der Waals surface area (Å²) in [5.74, 6) is 0.994. The number of nitrogens with two attached hydrogens (primary N) is 1. The second-order valence-corrected chi connectivity index (χ2v) is 4.68. The Morgan fingerprint density at radius 1 is 1.28 bits per heavy atom. The minimum atomic E-state index is 0.713. The molecule has 0 saturated heterocycles. The zero-order valence-corrected chi connectivity index (χ0v) is 12.0.